The highest BCUT2D eigenvalue weighted by Gasteiger charge is 2.32. The van der Waals surface area contributed by atoms with Crippen molar-refractivity contribution in [1.29, 1.82) is 0 Å². The van der Waals surface area contributed by atoms with Gasteiger partial charge in [-0.05, 0) is 50.2 Å². The van der Waals surface area contributed by atoms with Crippen LogP contribution in [0.25, 0.3) is 0 Å². The van der Waals surface area contributed by atoms with Gasteiger partial charge in [0.15, 0.2) is 0 Å². The van der Waals surface area contributed by atoms with Crippen LogP contribution in [0.1, 0.15) is 57.7 Å². The van der Waals surface area contributed by atoms with E-state index in [1.54, 1.807) is 4.90 Å². The van der Waals surface area contributed by atoms with Gasteiger partial charge in [0.2, 0.25) is 5.91 Å². The second-order valence-electron chi connectivity index (χ2n) is 7.73. The van der Waals surface area contributed by atoms with Crippen LogP contribution in [0.4, 0.5) is 0 Å². The molecule has 2 unspecified atom stereocenters. The zero-order chi connectivity index (χ0) is 17.9. The number of nitrogens with one attached hydrogen (secondary N) is 1. The zero-order valence-electron chi connectivity index (χ0n) is 15.8. The molecule has 24 heavy (non-hydrogen) atoms. The molecule has 0 spiro atoms. The van der Waals surface area contributed by atoms with Crippen LogP contribution in [0.15, 0.2) is 24.3 Å². The molecular formula is C20H33N3O. The van der Waals surface area contributed by atoms with E-state index in [9.17, 15) is 4.79 Å². The van der Waals surface area contributed by atoms with Crippen molar-refractivity contribution >= 4 is 5.91 Å². The summed E-state index contributed by atoms with van der Waals surface area (Å²) in [4.78, 5) is 14.0. The maximum atomic E-state index is 12.3. The standard InChI is InChI=1S/C20H33N3O/c1-13(2)22-19(17-10-11-17)16-8-6-15(7-9-16)12-18(21)20(24)23(5)14(3)4/h6-9,13-14,17-19,22H,10-12,21H2,1-5H3. The molecule has 0 radical (unpaired) electrons. The Bertz CT molecular complexity index is 534. The summed E-state index contributed by atoms with van der Waals surface area (Å²) in [5.41, 5.74) is 8.57. The van der Waals surface area contributed by atoms with Crippen molar-refractivity contribution in [2.45, 2.75) is 71.1 Å². The quantitative estimate of drug-likeness (QED) is 0.770. The van der Waals surface area contributed by atoms with Gasteiger partial charge in [-0.25, -0.2) is 0 Å². The minimum Gasteiger partial charge on any atom is -0.342 e. The highest BCUT2D eigenvalue weighted by molar-refractivity contribution is 5.82. The van der Waals surface area contributed by atoms with Gasteiger partial charge in [-0.3, -0.25) is 4.79 Å². The maximum Gasteiger partial charge on any atom is 0.239 e. The van der Waals surface area contributed by atoms with Crippen molar-refractivity contribution in [3.8, 4) is 0 Å². The number of hydrogen-bond donors (Lipinski definition) is 2. The highest BCUT2D eigenvalue weighted by Crippen LogP contribution is 2.41. The molecule has 0 aliphatic heterocycles. The largest absolute Gasteiger partial charge is 0.342 e. The van der Waals surface area contributed by atoms with Crippen molar-refractivity contribution in [1.82, 2.24) is 10.2 Å². The summed E-state index contributed by atoms with van der Waals surface area (Å²) in [6, 6.07) is 9.25. The fraction of sp³-hybridized carbons (Fsp3) is 0.650. The molecule has 1 fully saturated rings. The monoisotopic (exact) mass is 331 g/mol. The van der Waals surface area contributed by atoms with Crippen LogP contribution >= 0.6 is 0 Å². The van der Waals surface area contributed by atoms with Crippen molar-refractivity contribution < 1.29 is 4.79 Å². The van der Waals surface area contributed by atoms with E-state index in [4.69, 9.17) is 5.73 Å². The predicted molar refractivity (Wildman–Crippen MR) is 99.8 cm³/mol. The zero-order valence-corrected chi connectivity index (χ0v) is 15.8. The number of likely N-dealkylation sites (N-methyl/N-ethyl adjacent to an activating group) is 1. The molecule has 1 aliphatic rings. The average Bonchev–Trinajstić information content (AvgIpc) is 3.36. The second kappa shape index (κ2) is 8.13. The van der Waals surface area contributed by atoms with Gasteiger partial charge in [0, 0.05) is 25.2 Å². The minimum atomic E-state index is -0.476. The second-order valence-corrected chi connectivity index (χ2v) is 7.73. The molecule has 1 saturated carbocycles. The molecule has 0 aromatic heterocycles. The van der Waals surface area contributed by atoms with Crippen LogP contribution in [0.5, 0.6) is 0 Å². The van der Waals surface area contributed by atoms with E-state index in [1.165, 1.54) is 18.4 Å². The lowest BCUT2D eigenvalue weighted by molar-refractivity contribution is -0.132. The minimum absolute atomic E-state index is 0.00593. The fourth-order valence-electron chi connectivity index (χ4n) is 3.01. The van der Waals surface area contributed by atoms with Crippen LogP contribution in [0.3, 0.4) is 0 Å². The van der Waals surface area contributed by atoms with Gasteiger partial charge in [0.1, 0.15) is 0 Å². The molecule has 0 heterocycles. The van der Waals surface area contributed by atoms with Gasteiger partial charge in [-0.1, -0.05) is 38.1 Å². The third-order valence-corrected chi connectivity index (χ3v) is 4.84. The first-order chi connectivity index (χ1) is 11.3. The maximum absolute atomic E-state index is 12.3. The lowest BCUT2D eigenvalue weighted by Gasteiger charge is -2.25. The van der Waals surface area contributed by atoms with Gasteiger partial charge < -0.3 is 16.0 Å². The molecule has 0 bridgehead atoms. The highest BCUT2D eigenvalue weighted by atomic mass is 16.2. The van der Waals surface area contributed by atoms with Crippen molar-refractivity contribution in [2.24, 2.45) is 11.7 Å². The molecule has 1 aromatic carbocycles. The molecule has 2 atom stereocenters. The topological polar surface area (TPSA) is 58.4 Å². The normalized spacial score (nSPS) is 17.2. The summed E-state index contributed by atoms with van der Waals surface area (Å²) in [6.07, 6.45) is 3.21. The molecule has 3 N–H and O–H groups in total. The van der Waals surface area contributed by atoms with Crippen LogP contribution < -0.4 is 11.1 Å². The third-order valence-electron chi connectivity index (χ3n) is 4.84. The Hall–Kier alpha value is -1.39. The van der Waals surface area contributed by atoms with Gasteiger partial charge in [-0.15, -0.1) is 0 Å². The smallest absolute Gasteiger partial charge is 0.239 e. The van der Waals surface area contributed by atoms with Crippen LogP contribution in [0, 0.1) is 5.92 Å². The first kappa shape index (κ1) is 18.9. The number of nitrogens with zero attached hydrogens (tertiary/aromatic N) is 1. The van der Waals surface area contributed by atoms with Crippen molar-refractivity contribution in [2.75, 3.05) is 7.05 Å². The van der Waals surface area contributed by atoms with E-state index in [0.717, 1.165) is 11.5 Å². The SMILES string of the molecule is CC(C)NC(c1ccc(CC(N)C(=O)N(C)C(C)C)cc1)C1CC1. The average molecular weight is 332 g/mol. The number of benzene rings is 1. The predicted octanol–water partition coefficient (Wildman–Crippen LogP) is 2.87. The van der Waals surface area contributed by atoms with E-state index >= 15 is 0 Å². The summed E-state index contributed by atoms with van der Waals surface area (Å²) < 4.78 is 0. The molecule has 1 amide bonds. The Balaban J connectivity index is 1.99. The number of hydrogen-bond acceptors (Lipinski definition) is 3. The molecule has 2 rings (SSSR count). The van der Waals surface area contributed by atoms with E-state index in [1.807, 2.05) is 20.9 Å². The van der Waals surface area contributed by atoms with Crippen LogP contribution in [-0.4, -0.2) is 36.0 Å². The van der Waals surface area contributed by atoms with Gasteiger partial charge in [0.05, 0.1) is 6.04 Å². The molecule has 0 saturated heterocycles. The molecule has 4 nitrogen and oxygen atoms in total. The number of amides is 1. The Morgan fingerprint density at radius 1 is 1.21 bits per heavy atom. The Morgan fingerprint density at radius 2 is 1.79 bits per heavy atom. The van der Waals surface area contributed by atoms with Gasteiger partial charge in [0.25, 0.3) is 0 Å². The first-order valence-electron chi connectivity index (χ1n) is 9.16. The van der Waals surface area contributed by atoms with E-state index in [0.29, 0.717) is 18.5 Å². The summed E-state index contributed by atoms with van der Waals surface area (Å²) in [5, 5.41) is 3.68. The fourth-order valence-corrected chi connectivity index (χ4v) is 3.01. The Morgan fingerprint density at radius 3 is 2.25 bits per heavy atom. The van der Waals surface area contributed by atoms with Crippen LogP contribution in [-0.2, 0) is 11.2 Å². The first-order valence-corrected chi connectivity index (χ1v) is 9.16. The van der Waals surface area contributed by atoms with Gasteiger partial charge >= 0.3 is 0 Å². The Kier molecular flexibility index (Phi) is 6.41. The molecule has 1 aliphatic carbocycles. The lowest BCUT2D eigenvalue weighted by Crippen LogP contribution is -2.45. The summed E-state index contributed by atoms with van der Waals surface area (Å²) in [6.45, 7) is 8.39. The van der Waals surface area contributed by atoms with Gasteiger partial charge in [-0.2, -0.15) is 0 Å². The third kappa shape index (κ3) is 5.05. The summed E-state index contributed by atoms with van der Waals surface area (Å²) >= 11 is 0. The number of nitrogens with two attached hydrogens (primary N) is 1. The van der Waals surface area contributed by atoms with E-state index in [2.05, 4.69) is 43.4 Å². The summed E-state index contributed by atoms with van der Waals surface area (Å²) in [7, 11) is 1.81. The molecule has 134 valence electrons. The Labute approximate surface area is 146 Å². The van der Waals surface area contributed by atoms with Crippen LogP contribution in [0.2, 0.25) is 0 Å². The summed E-state index contributed by atoms with van der Waals surface area (Å²) in [5.74, 6) is 0.771. The van der Waals surface area contributed by atoms with E-state index in [-0.39, 0.29) is 11.9 Å². The van der Waals surface area contributed by atoms with Crippen molar-refractivity contribution in [3.63, 3.8) is 0 Å². The molecular weight excluding hydrogens is 298 g/mol. The lowest BCUT2D eigenvalue weighted by atomic mass is 9.98. The number of rotatable bonds is 8. The van der Waals surface area contributed by atoms with E-state index < -0.39 is 6.04 Å². The van der Waals surface area contributed by atoms with Crippen molar-refractivity contribution in [3.05, 3.63) is 35.4 Å². The molecule has 1 aromatic rings. The number of carbonyl (C=O) groups is 1. The molecule has 4 heteroatoms. The number of carbonyl (C=O) groups excluding carboxylic acids is 1.